The Kier molecular flexibility index (Phi) is 5.75. The van der Waals surface area contributed by atoms with E-state index in [1.807, 2.05) is 23.1 Å². The predicted molar refractivity (Wildman–Crippen MR) is 99.0 cm³/mol. The maximum Gasteiger partial charge on any atom is 0.409 e. The molecule has 0 unspecified atom stereocenters. The van der Waals surface area contributed by atoms with Crippen LogP contribution in [0.5, 0.6) is 0 Å². The molecule has 7 nitrogen and oxygen atoms in total. The largest absolute Gasteiger partial charge is 0.450 e. The SMILES string of the molecule is CCOC(=O)N1CCCN(C(=O)Cc2ccc3nc(CC)[nH]c3c2)CC1. The van der Waals surface area contributed by atoms with Crippen molar-refractivity contribution in [2.24, 2.45) is 0 Å². The number of imidazole rings is 1. The van der Waals surface area contributed by atoms with Gasteiger partial charge in [-0.2, -0.15) is 0 Å². The van der Waals surface area contributed by atoms with Crippen molar-refractivity contribution in [3.63, 3.8) is 0 Å². The summed E-state index contributed by atoms with van der Waals surface area (Å²) in [6.45, 7) is 6.58. The number of aromatic amines is 1. The van der Waals surface area contributed by atoms with E-state index in [-0.39, 0.29) is 12.0 Å². The van der Waals surface area contributed by atoms with Crippen molar-refractivity contribution in [2.75, 3.05) is 32.8 Å². The fourth-order valence-electron chi connectivity index (χ4n) is 3.24. The van der Waals surface area contributed by atoms with Gasteiger partial charge in [0.25, 0.3) is 0 Å². The number of hydrogen-bond donors (Lipinski definition) is 1. The van der Waals surface area contributed by atoms with Crippen molar-refractivity contribution in [3.8, 4) is 0 Å². The molecule has 2 amide bonds. The van der Waals surface area contributed by atoms with Gasteiger partial charge in [-0.3, -0.25) is 4.79 Å². The van der Waals surface area contributed by atoms with E-state index in [9.17, 15) is 9.59 Å². The number of benzene rings is 1. The van der Waals surface area contributed by atoms with Gasteiger partial charge in [0.1, 0.15) is 5.82 Å². The average Bonchev–Trinajstić information content (AvgIpc) is 2.88. The lowest BCUT2D eigenvalue weighted by molar-refractivity contribution is -0.130. The molecule has 0 bridgehead atoms. The third-order valence-corrected chi connectivity index (χ3v) is 4.66. The quantitative estimate of drug-likeness (QED) is 0.910. The highest BCUT2D eigenvalue weighted by Crippen LogP contribution is 2.16. The molecule has 1 fully saturated rings. The first-order chi connectivity index (χ1) is 12.6. The molecule has 7 heteroatoms. The summed E-state index contributed by atoms with van der Waals surface area (Å²) in [6.07, 6.45) is 1.69. The Morgan fingerprint density at radius 1 is 1.15 bits per heavy atom. The molecular formula is C19H26N4O3. The molecule has 1 N–H and O–H groups in total. The first kappa shape index (κ1) is 18.2. The summed E-state index contributed by atoms with van der Waals surface area (Å²) in [5.74, 6) is 1.04. The minimum Gasteiger partial charge on any atom is -0.450 e. The van der Waals surface area contributed by atoms with Crippen molar-refractivity contribution < 1.29 is 14.3 Å². The number of carbonyl (C=O) groups is 2. The third-order valence-electron chi connectivity index (χ3n) is 4.66. The number of nitrogens with one attached hydrogen (secondary N) is 1. The fourth-order valence-corrected chi connectivity index (χ4v) is 3.24. The van der Waals surface area contributed by atoms with Crippen LogP contribution >= 0.6 is 0 Å². The average molecular weight is 358 g/mol. The second-order valence-corrected chi connectivity index (χ2v) is 6.49. The number of carbonyl (C=O) groups excluding carboxylic acids is 2. The number of nitrogens with zero attached hydrogens (tertiary/aromatic N) is 3. The minimum atomic E-state index is -0.293. The van der Waals surface area contributed by atoms with Gasteiger partial charge in [-0.25, -0.2) is 9.78 Å². The number of rotatable bonds is 4. The summed E-state index contributed by atoms with van der Waals surface area (Å²) in [5, 5.41) is 0. The van der Waals surface area contributed by atoms with Crippen molar-refractivity contribution >= 4 is 23.0 Å². The third kappa shape index (κ3) is 4.15. The van der Waals surface area contributed by atoms with E-state index in [4.69, 9.17) is 4.74 Å². The first-order valence-electron chi connectivity index (χ1n) is 9.27. The lowest BCUT2D eigenvalue weighted by Gasteiger charge is -2.21. The van der Waals surface area contributed by atoms with Gasteiger partial charge >= 0.3 is 6.09 Å². The zero-order chi connectivity index (χ0) is 18.5. The summed E-state index contributed by atoms with van der Waals surface area (Å²) >= 11 is 0. The van der Waals surface area contributed by atoms with Crippen molar-refractivity contribution in [3.05, 3.63) is 29.6 Å². The van der Waals surface area contributed by atoms with Crippen LogP contribution in [0.3, 0.4) is 0 Å². The van der Waals surface area contributed by atoms with Gasteiger partial charge in [-0.05, 0) is 31.0 Å². The minimum absolute atomic E-state index is 0.0882. The maximum atomic E-state index is 12.7. The van der Waals surface area contributed by atoms with Crippen LogP contribution < -0.4 is 0 Å². The lowest BCUT2D eigenvalue weighted by Crippen LogP contribution is -2.38. The number of aryl methyl sites for hydroxylation is 1. The lowest BCUT2D eigenvalue weighted by atomic mass is 10.1. The van der Waals surface area contributed by atoms with Crippen LogP contribution in [0.2, 0.25) is 0 Å². The summed E-state index contributed by atoms with van der Waals surface area (Å²) in [4.78, 5) is 35.8. The highest BCUT2D eigenvalue weighted by Gasteiger charge is 2.22. The topological polar surface area (TPSA) is 78.5 Å². The molecule has 2 aromatic rings. The molecule has 1 saturated heterocycles. The Morgan fingerprint density at radius 2 is 1.92 bits per heavy atom. The van der Waals surface area contributed by atoms with Gasteiger partial charge < -0.3 is 19.5 Å². The van der Waals surface area contributed by atoms with Gasteiger partial charge in [0.15, 0.2) is 0 Å². The number of hydrogen-bond acceptors (Lipinski definition) is 4. The monoisotopic (exact) mass is 358 g/mol. The van der Waals surface area contributed by atoms with Gasteiger partial charge in [-0.1, -0.05) is 13.0 Å². The highest BCUT2D eigenvalue weighted by atomic mass is 16.6. The molecule has 3 rings (SSSR count). The fraction of sp³-hybridized carbons (Fsp3) is 0.526. The molecule has 0 saturated carbocycles. The van der Waals surface area contributed by atoms with E-state index in [1.165, 1.54) is 0 Å². The maximum absolute atomic E-state index is 12.7. The normalized spacial score (nSPS) is 15.2. The van der Waals surface area contributed by atoms with Crippen molar-refractivity contribution in [2.45, 2.75) is 33.1 Å². The summed E-state index contributed by atoms with van der Waals surface area (Å²) < 4.78 is 5.05. The summed E-state index contributed by atoms with van der Waals surface area (Å²) in [6, 6.07) is 5.92. The molecule has 2 heterocycles. The van der Waals surface area contributed by atoms with Crippen molar-refractivity contribution in [1.82, 2.24) is 19.8 Å². The van der Waals surface area contributed by atoms with E-state index < -0.39 is 0 Å². The predicted octanol–water partition coefficient (Wildman–Crippen LogP) is 2.36. The Hall–Kier alpha value is -2.57. The molecule has 0 radical (unpaired) electrons. The van der Waals surface area contributed by atoms with Crippen LogP contribution in [0.25, 0.3) is 11.0 Å². The molecule has 26 heavy (non-hydrogen) atoms. The standard InChI is InChI=1S/C19H26N4O3/c1-3-17-20-15-7-6-14(12-16(15)21-17)13-18(24)22-8-5-9-23(11-10-22)19(25)26-4-2/h6-7,12H,3-5,8-11,13H2,1-2H3,(H,20,21). The summed E-state index contributed by atoms with van der Waals surface area (Å²) in [7, 11) is 0. The Balaban J connectivity index is 1.61. The molecule has 140 valence electrons. The molecule has 0 aliphatic carbocycles. The number of ether oxygens (including phenoxy) is 1. The summed E-state index contributed by atoms with van der Waals surface area (Å²) in [5.41, 5.74) is 2.87. The number of H-pyrrole nitrogens is 1. The van der Waals surface area contributed by atoms with Crippen LogP contribution in [0.15, 0.2) is 18.2 Å². The van der Waals surface area contributed by atoms with Gasteiger partial charge in [0.2, 0.25) is 5.91 Å². The zero-order valence-electron chi connectivity index (χ0n) is 15.5. The smallest absolute Gasteiger partial charge is 0.409 e. The Bertz CT molecular complexity index is 786. The molecule has 0 spiro atoms. The van der Waals surface area contributed by atoms with Crippen LogP contribution in [0, 0.1) is 0 Å². The number of aromatic nitrogens is 2. The van der Waals surface area contributed by atoms with Crippen LogP contribution in [-0.4, -0.2) is 64.6 Å². The molecular weight excluding hydrogens is 332 g/mol. The van der Waals surface area contributed by atoms with E-state index >= 15 is 0 Å². The molecule has 1 aromatic heterocycles. The van der Waals surface area contributed by atoms with E-state index in [0.29, 0.717) is 39.2 Å². The molecule has 0 atom stereocenters. The van der Waals surface area contributed by atoms with Gasteiger partial charge in [-0.15, -0.1) is 0 Å². The molecule has 1 aliphatic heterocycles. The van der Waals surface area contributed by atoms with Crippen LogP contribution in [0.1, 0.15) is 31.7 Å². The van der Waals surface area contributed by atoms with Crippen LogP contribution in [-0.2, 0) is 22.4 Å². The highest BCUT2D eigenvalue weighted by molar-refractivity contribution is 5.82. The van der Waals surface area contributed by atoms with E-state index in [1.54, 1.807) is 11.8 Å². The van der Waals surface area contributed by atoms with E-state index in [0.717, 1.165) is 35.3 Å². The Labute approximate surface area is 153 Å². The second kappa shape index (κ2) is 8.21. The van der Waals surface area contributed by atoms with Gasteiger partial charge in [0.05, 0.1) is 24.1 Å². The van der Waals surface area contributed by atoms with Crippen LogP contribution in [0.4, 0.5) is 4.79 Å². The zero-order valence-corrected chi connectivity index (χ0v) is 15.5. The molecule has 1 aromatic carbocycles. The number of fused-ring (bicyclic) bond motifs is 1. The van der Waals surface area contributed by atoms with E-state index in [2.05, 4.69) is 16.9 Å². The second-order valence-electron chi connectivity index (χ2n) is 6.49. The number of amides is 2. The molecule has 1 aliphatic rings. The Morgan fingerprint density at radius 3 is 2.69 bits per heavy atom. The van der Waals surface area contributed by atoms with Gasteiger partial charge in [0, 0.05) is 32.6 Å². The van der Waals surface area contributed by atoms with Crippen molar-refractivity contribution in [1.29, 1.82) is 0 Å². The first-order valence-corrected chi connectivity index (χ1v) is 9.27.